The van der Waals surface area contributed by atoms with Crippen molar-refractivity contribution in [3.8, 4) is 22.5 Å². The van der Waals surface area contributed by atoms with Gasteiger partial charge in [-0.1, -0.05) is 95.5 Å². The molecule has 0 bridgehead atoms. The Labute approximate surface area is 195 Å². The number of nitrogens with one attached hydrogen (secondary N) is 1. The molecule has 2 aromatic carbocycles. The summed E-state index contributed by atoms with van der Waals surface area (Å²) >= 11 is 18.2. The lowest BCUT2D eigenvalue weighted by Gasteiger charge is -2.13. The maximum absolute atomic E-state index is 6.07. The highest BCUT2D eigenvalue weighted by Gasteiger charge is 2.28. The summed E-state index contributed by atoms with van der Waals surface area (Å²) in [4.78, 5) is 17.5. The average molecular weight is 471 g/mol. The lowest BCUT2D eigenvalue weighted by Crippen LogP contribution is -2.15. The maximum Gasteiger partial charge on any atom is 0.250 e. The SMILES string of the molecule is ClC(Cl)(Cl)c1nc(NCCc2ccccn2)nc(-c2ccc(-c3ccccc3)cc2)n1. The average Bonchev–Trinajstić information content (AvgIpc) is 2.80. The molecule has 0 unspecified atom stereocenters. The van der Waals surface area contributed by atoms with Gasteiger partial charge < -0.3 is 5.32 Å². The standard InChI is InChI=1S/C23H18Cl3N5/c24-23(25,26)21-29-20(18-11-9-17(10-12-18)16-6-2-1-3-7-16)30-22(31-21)28-15-13-19-8-4-5-14-27-19/h1-12,14H,13,15H2,(H,28,29,30,31). The molecule has 0 amide bonds. The van der Waals surface area contributed by atoms with Crippen molar-refractivity contribution < 1.29 is 0 Å². The molecule has 2 heterocycles. The molecule has 0 saturated carbocycles. The molecule has 31 heavy (non-hydrogen) atoms. The van der Waals surface area contributed by atoms with Crippen molar-refractivity contribution in [2.75, 3.05) is 11.9 Å². The molecule has 0 aliphatic heterocycles. The van der Waals surface area contributed by atoms with Gasteiger partial charge >= 0.3 is 0 Å². The van der Waals surface area contributed by atoms with Crippen molar-refractivity contribution in [2.45, 2.75) is 10.2 Å². The molecular weight excluding hydrogens is 453 g/mol. The van der Waals surface area contributed by atoms with Crippen LogP contribution in [0.4, 0.5) is 5.95 Å². The third kappa shape index (κ3) is 5.70. The largest absolute Gasteiger partial charge is 0.354 e. The minimum absolute atomic E-state index is 0.0648. The van der Waals surface area contributed by atoms with Crippen LogP contribution in [0.25, 0.3) is 22.5 Å². The number of halogens is 3. The minimum atomic E-state index is -1.76. The highest BCUT2D eigenvalue weighted by molar-refractivity contribution is 6.66. The number of pyridine rings is 1. The van der Waals surface area contributed by atoms with Gasteiger partial charge in [-0.15, -0.1) is 0 Å². The third-order valence-electron chi connectivity index (χ3n) is 4.53. The smallest absolute Gasteiger partial charge is 0.250 e. The molecule has 0 spiro atoms. The van der Waals surface area contributed by atoms with Crippen molar-refractivity contribution in [3.05, 3.63) is 90.5 Å². The zero-order valence-corrected chi connectivity index (χ0v) is 18.6. The number of aromatic nitrogens is 4. The van der Waals surface area contributed by atoms with E-state index in [0.29, 0.717) is 24.7 Å². The Bertz CT molecular complexity index is 1130. The molecule has 8 heteroatoms. The first kappa shape index (κ1) is 21.5. The predicted molar refractivity (Wildman–Crippen MR) is 126 cm³/mol. The number of hydrogen-bond acceptors (Lipinski definition) is 5. The van der Waals surface area contributed by atoms with Crippen LogP contribution in [0.2, 0.25) is 0 Å². The summed E-state index contributed by atoms with van der Waals surface area (Å²) in [5.41, 5.74) is 3.98. The van der Waals surface area contributed by atoms with Crippen LogP contribution < -0.4 is 5.32 Å². The summed E-state index contributed by atoms with van der Waals surface area (Å²) in [6.45, 7) is 0.576. The normalized spacial score (nSPS) is 11.3. The Morgan fingerprint density at radius 1 is 0.710 bits per heavy atom. The molecule has 5 nitrogen and oxygen atoms in total. The van der Waals surface area contributed by atoms with Gasteiger partial charge in [0, 0.05) is 30.4 Å². The van der Waals surface area contributed by atoms with Crippen LogP contribution in [0, 0.1) is 0 Å². The van der Waals surface area contributed by atoms with Crippen LogP contribution in [0.3, 0.4) is 0 Å². The van der Waals surface area contributed by atoms with E-state index in [4.69, 9.17) is 34.8 Å². The molecule has 0 radical (unpaired) electrons. The second-order valence-corrected chi connectivity index (χ2v) is 9.03. The van der Waals surface area contributed by atoms with E-state index in [-0.39, 0.29) is 5.82 Å². The van der Waals surface area contributed by atoms with Gasteiger partial charge in [0.2, 0.25) is 9.74 Å². The number of rotatable bonds is 6. The fourth-order valence-electron chi connectivity index (χ4n) is 3.00. The highest BCUT2D eigenvalue weighted by atomic mass is 35.6. The van der Waals surface area contributed by atoms with E-state index in [1.165, 1.54) is 0 Å². The van der Waals surface area contributed by atoms with Crippen LogP contribution in [0.15, 0.2) is 79.0 Å². The summed E-state index contributed by atoms with van der Waals surface area (Å²) in [5.74, 6) is 0.834. The number of nitrogens with zero attached hydrogens (tertiary/aromatic N) is 4. The van der Waals surface area contributed by atoms with Gasteiger partial charge in [0.1, 0.15) is 0 Å². The second-order valence-electron chi connectivity index (χ2n) is 6.75. The van der Waals surface area contributed by atoms with E-state index < -0.39 is 3.79 Å². The van der Waals surface area contributed by atoms with Crippen LogP contribution in [0.5, 0.6) is 0 Å². The number of anilines is 1. The van der Waals surface area contributed by atoms with Gasteiger partial charge in [-0.2, -0.15) is 9.97 Å². The molecule has 4 rings (SSSR count). The van der Waals surface area contributed by atoms with E-state index in [0.717, 1.165) is 22.4 Å². The van der Waals surface area contributed by atoms with Crippen LogP contribution in [-0.2, 0) is 10.2 Å². The Balaban J connectivity index is 1.58. The van der Waals surface area contributed by atoms with Crippen molar-refractivity contribution in [1.29, 1.82) is 0 Å². The lowest BCUT2D eigenvalue weighted by atomic mass is 10.0. The number of alkyl halides is 3. The zero-order chi connectivity index (χ0) is 21.7. The second kappa shape index (κ2) is 9.60. The van der Waals surface area contributed by atoms with Crippen molar-refractivity contribution in [1.82, 2.24) is 19.9 Å². The molecular formula is C23H18Cl3N5. The van der Waals surface area contributed by atoms with Gasteiger partial charge in [0.25, 0.3) is 0 Å². The van der Waals surface area contributed by atoms with Crippen molar-refractivity contribution >= 4 is 40.8 Å². The maximum atomic E-state index is 6.07. The van der Waals surface area contributed by atoms with Crippen LogP contribution in [0.1, 0.15) is 11.5 Å². The Morgan fingerprint density at radius 3 is 2.06 bits per heavy atom. The first-order valence-electron chi connectivity index (χ1n) is 9.62. The Kier molecular flexibility index (Phi) is 6.66. The molecule has 0 atom stereocenters. The van der Waals surface area contributed by atoms with E-state index in [1.54, 1.807) is 6.20 Å². The molecule has 0 aliphatic carbocycles. The van der Waals surface area contributed by atoms with Gasteiger partial charge in [0.15, 0.2) is 11.6 Å². The summed E-state index contributed by atoms with van der Waals surface area (Å²) < 4.78 is -1.76. The van der Waals surface area contributed by atoms with E-state index in [9.17, 15) is 0 Å². The Morgan fingerprint density at radius 2 is 1.39 bits per heavy atom. The van der Waals surface area contributed by atoms with Gasteiger partial charge in [0.05, 0.1) is 0 Å². The summed E-state index contributed by atoms with van der Waals surface area (Å²) in [6, 6.07) is 23.8. The van der Waals surface area contributed by atoms with Gasteiger partial charge in [-0.3, -0.25) is 4.98 Å². The van der Waals surface area contributed by atoms with Crippen molar-refractivity contribution in [2.24, 2.45) is 0 Å². The topological polar surface area (TPSA) is 63.6 Å². The summed E-state index contributed by atoms with van der Waals surface area (Å²) in [5, 5.41) is 3.17. The molecule has 0 saturated heterocycles. The van der Waals surface area contributed by atoms with E-state index >= 15 is 0 Å². The molecule has 2 aromatic heterocycles. The quantitative estimate of drug-likeness (QED) is 0.346. The van der Waals surface area contributed by atoms with Crippen LogP contribution in [-0.4, -0.2) is 26.5 Å². The Hall–Kier alpha value is -2.73. The molecule has 4 aromatic rings. The zero-order valence-electron chi connectivity index (χ0n) is 16.3. The van der Waals surface area contributed by atoms with Gasteiger partial charge in [-0.25, -0.2) is 4.98 Å². The first-order chi connectivity index (χ1) is 15.0. The number of benzene rings is 2. The summed E-state index contributed by atoms with van der Waals surface area (Å²) in [6.07, 6.45) is 2.47. The number of hydrogen-bond donors (Lipinski definition) is 1. The van der Waals surface area contributed by atoms with Crippen LogP contribution >= 0.6 is 34.8 Å². The van der Waals surface area contributed by atoms with Gasteiger partial charge in [-0.05, 0) is 23.3 Å². The summed E-state index contributed by atoms with van der Waals surface area (Å²) in [7, 11) is 0. The van der Waals surface area contributed by atoms with E-state index in [2.05, 4.69) is 37.4 Å². The first-order valence-corrected chi connectivity index (χ1v) is 10.8. The lowest BCUT2D eigenvalue weighted by molar-refractivity contribution is 0.894. The molecule has 156 valence electrons. The predicted octanol–water partition coefficient (Wildman–Crippen LogP) is 6.08. The third-order valence-corrected chi connectivity index (χ3v) is 5.04. The molecule has 0 fully saturated rings. The van der Waals surface area contributed by atoms with Crippen molar-refractivity contribution in [3.63, 3.8) is 0 Å². The van der Waals surface area contributed by atoms with E-state index in [1.807, 2.05) is 60.7 Å². The molecule has 1 N–H and O–H groups in total. The fraction of sp³-hybridized carbons (Fsp3) is 0.130. The monoisotopic (exact) mass is 469 g/mol. The molecule has 0 aliphatic rings. The fourth-order valence-corrected chi connectivity index (χ4v) is 3.26. The minimum Gasteiger partial charge on any atom is -0.354 e. The highest BCUT2D eigenvalue weighted by Crippen LogP contribution is 2.37.